The maximum absolute atomic E-state index is 5.38. The number of hydrogen-bond donors (Lipinski definition) is 1. The van der Waals surface area contributed by atoms with Crippen LogP contribution in [0.2, 0.25) is 0 Å². The van der Waals surface area contributed by atoms with Crippen molar-refractivity contribution in [1.29, 1.82) is 0 Å². The van der Waals surface area contributed by atoms with Gasteiger partial charge in [-0.05, 0) is 19.8 Å². The van der Waals surface area contributed by atoms with Gasteiger partial charge in [-0.3, -0.25) is 0 Å². The van der Waals surface area contributed by atoms with E-state index < -0.39 is 0 Å². The van der Waals surface area contributed by atoms with Crippen molar-refractivity contribution < 1.29 is 9.47 Å². The molecule has 0 atom stereocenters. The van der Waals surface area contributed by atoms with Gasteiger partial charge in [0.2, 0.25) is 0 Å². The molecule has 0 radical (unpaired) electrons. The zero-order chi connectivity index (χ0) is 12.8. The summed E-state index contributed by atoms with van der Waals surface area (Å²) in [6, 6.07) is 1.95. The molecule has 2 rings (SSSR count). The highest BCUT2D eigenvalue weighted by atomic mass is 16.5. The zero-order valence-corrected chi connectivity index (χ0v) is 11.1. The predicted molar refractivity (Wildman–Crippen MR) is 69.7 cm³/mol. The number of rotatable bonds is 5. The molecule has 5 nitrogen and oxygen atoms in total. The van der Waals surface area contributed by atoms with Gasteiger partial charge in [0.15, 0.2) is 0 Å². The first kappa shape index (κ1) is 13.2. The molecule has 0 aliphatic carbocycles. The van der Waals surface area contributed by atoms with Crippen LogP contribution >= 0.6 is 0 Å². The molecule has 1 saturated heterocycles. The molecule has 1 fully saturated rings. The third-order valence-corrected chi connectivity index (χ3v) is 3.03. The quantitative estimate of drug-likeness (QED) is 0.866. The first-order valence-electron chi connectivity index (χ1n) is 6.52. The molecule has 0 aromatic carbocycles. The maximum atomic E-state index is 5.38. The van der Waals surface area contributed by atoms with E-state index in [9.17, 15) is 0 Å². The van der Waals surface area contributed by atoms with E-state index in [1.54, 1.807) is 7.11 Å². The molecule has 1 aromatic heterocycles. The van der Waals surface area contributed by atoms with Crippen molar-refractivity contribution in [3.05, 3.63) is 17.6 Å². The van der Waals surface area contributed by atoms with Crippen LogP contribution in [-0.2, 0) is 16.1 Å². The standard InChI is InChI=1S/C13H21N3O2/c1-3-14-12-8-11(9-17-2)15-13(16-12)10-4-6-18-7-5-10/h8,10H,3-7,9H2,1-2H3,(H,14,15,16). The van der Waals surface area contributed by atoms with Gasteiger partial charge in [0.1, 0.15) is 11.6 Å². The normalized spacial score (nSPS) is 16.8. The Labute approximate surface area is 108 Å². The number of hydrogen-bond acceptors (Lipinski definition) is 5. The van der Waals surface area contributed by atoms with E-state index >= 15 is 0 Å². The van der Waals surface area contributed by atoms with Gasteiger partial charge < -0.3 is 14.8 Å². The molecular weight excluding hydrogens is 230 g/mol. The summed E-state index contributed by atoms with van der Waals surface area (Å²) in [7, 11) is 1.68. The van der Waals surface area contributed by atoms with Crippen LogP contribution in [0.25, 0.3) is 0 Å². The third-order valence-electron chi connectivity index (χ3n) is 3.03. The minimum Gasteiger partial charge on any atom is -0.381 e. The Bertz CT molecular complexity index is 354. The number of nitrogens with zero attached hydrogens (tertiary/aromatic N) is 2. The first-order chi connectivity index (χ1) is 8.83. The number of anilines is 1. The number of nitrogens with one attached hydrogen (secondary N) is 1. The van der Waals surface area contributed by atoms with Crippen LogP contribution in [-0.4, -0.2) is 36.8 Å². The molecule has 0 saturated carbocycles. The van der Waals surface area contributed by atoms with Crippen molar-refractivity contribution >= 4 is 5.82 Å². The lowest BCUT2D eigenvalue weighted by atomic mass is 9.99. The molecule has 1 N–H and O–H groups in total. The second kappa shape index (κ2) is 6.66. The van der Waals surface area contributed by atoms with E-state index in [1.807, 2.05) is 6.07 Å². The number of aromatic nitrogens is 2. The van der Waals surface area contributed by atoms with Gasteiger partial charge in [-0.15, -0.1) is 0 Å². The molecule has 1 aromatic rings. The average molecular weight is 251 g/mol. The van der Waals surface area contributed by atoms with Crippen LogP contribution in [0.4, 0.5) is 5.82 Å². The summed E-state index contributed by atoms with van der Waals surface area (Å²) < 4.78 is 10.5. The Morgan fingerprint density at radius 1 is 1.39 bits per heavy atom. The van der Waals surface area contributed by atoms with E-state index in [-0.39, 0.29) is 0 Å². The molecular formula is C13H21N3O2. The SMILES string of the molecule is CCNc1cc(COC)nc(C2CCOCC2)n1. The highest BCUT2D eigenvalue weighted by molar-refractivity contribution is 5.36. The highest BCUT2D eigenvalue weighted by Crippen LogP contribution is 2.25. The van der Waals surface area contributed by atoms with Gasteiger partial charge in [0.25, 0.3) is 0 Å². The molecule has 2 heterocycles. The van der Waals surface area contributed by atoms with Gasteiger partial charge in [-0.1, -0.05) is 0 Å². The Hall–Kier alpha value is -1.20. The monoisotopic (exact) mass is 251 g/mol. The van der Waals surface area contributed by atoms with Gasteiger partial charge in [0.05, 0.1) is 12.3 Å². The second-order valence-corrected chi connectivity index (χ2v) is 4.45. The fourth-order valence-electron chi connectivity index (χ4n) is 2.15. The summed E-state index contributed by atoms with van der Waals surface area (Å²) in [6.07, 6.45) is 2.00. The van der Waals surface area contributed by atoms with Crippen LogP contribution in [0.3, 0.4) is 0 Å². The fraction of sp³-hybridized carbons (Fsp3) is 0.692. The topological polar surface area (TPSA) is 56.3 Å². The molecule has 5 heteroatoms. The summed E-state index contributed by atoms with van der Waals surface area (Å²) in [6.45, 7) is 5.05. The molecule has 0 spiro atoms. The van der Waals surface area contributed by atoms with E-state index in [2.05, 4.69) is 22.2 Å². The average Bonchev–Trinajstić information content (AvgIpc) is 2.40. The van der Waals surface area contributed by atoms with Crippen LogP contribution in [0.1, 0.15) is 37.2 Å². The minimum absolute atomic E-state index is 0.410. The van der Waals surface area contributed by atoms with Gasteiger partial charge >= 0.3 is 0 Å². The van der Waals surface area contributed by atoms with E-state index in [4.69, 9.17) is 9.47 Å². The molecule has 0 bridgehead atoms. The lowest BCUT2D eigenvalue weighted by Gasteiger charge is -2.21. The smallest absolute Gasteiger partial charge is 0.134 e. The lowest BCUT2D eigenvalue weighted by molar-refractivity contribution is 0.0834. The van der Waals surface area contributed by atoms with Crippen molar-refractivity contribution in [3.63, 3.8) is 0 Å². The van der Waals surface area contributed by atoms with Gasteiger partial charge in [-0.2, -0.15) is 0 Å². The van der Waals surface area contributed by atoms with Crippen molar-refractivity contribution in [2.24, 2.45) is 0 Å². The summed E-state index contributed by atoms with van der Waals surface area (Å²) in [5, 5.41) is 3.25. The van der Waals surface area contributed by atoms with Crippen molar-refractivity contribution in [3.8, 4) is 0 Å². The Balaban J connectivity index is 2.20. The zero-order valence-electron chi connectivity index (χ0n) is 11.1. The highest BCUT2D eigenvalue weighted by Gasteiger charge is 2.19. The van der Waals surface area contributed by atoms with Gasteiger partial charge in [-0.25, -0.2) is 9.97 Å². The van der Waals surface area contributed by atoms with Crippen molar-refractivity contribution in [1.82, 2.24) is 9.97 Å². The maximum Gasteiger partial charge on any atom is 0.134 e. The fourth-order valence-corrected chi connectivity index (χ4v) is 2.15. The number of ether oxygens (including phenoxy) is 2. The minimum atomic E-state index is 0.410. The Morgan fingerprint density at radius 2 is 2.17 bits per heavy atom. The number of methoxy groups -OCH3 is 1. The Morgan fingerprint density at radius 3 is 2.83 bits per heavy atom. The third kappa shape index (κ3) is 3.40. The van der Waals surface area contributed by atoms with Crippen LogP contribution in [0, 0.1) is 0 Å². The lowest BCUT2D eigenvalue weighted by Crippen LogP contribution is -2.18. The van der Waals surface area contributed by atoms with Crippen LogP contribution in [0.5, 0.6) is 0 Å². The summed E-state index contributed by atoms with van der Waals surface area (Å²) in [4.78, 5) is 9.19. The molecule has 0 unspecified atom stereocenters. The van der Waals surface area contributed by atoms with E-state index in [0.717, 1.165) is 49.9 Å². The largest absolute Gasteiger partial charge is 0.381 e. The van der Waals surface area contributed by atoms with Crippen molar-refractivity contribution in [2.45, 2.75) is 32.3 Å². The summed E-state index contributed by atoms with van der Waals surface area (Å²) >= 11 is 0. The van der Waals surface area contributed by atoms with Crippen LogP contribution in [0.15, 0.2) is 6.07 Å². The summed E-state index contributed by atoms with van der Waals surface area (Å²) in [5.74, 6) is 2.22. The first-order valence-corrected chi connectivity index (χ1v) is 6.52. The molecule has 1 aliphatic rings. The molecule has 100 valence electrons. The summed E-state index contributed by atoms with van der Waals surface area (Å²) in [5.41, 5.74) is 0.935. The Kier molecular flexibility index (Phi) is 4.90. The molecule has 0 amide bonds. The second-order valence-electron chi connectivity index (χ2n) is 4.45. The molecule has 1 aliphatic heterocycles. The van der Waals surface area contributed by atoms with Crippen molar-refractivity contribution in [2.75, 3.05) is 32.2 Å². The van der Waals surface area contributed by atoms with Gasteiger partial charge in [0, 0.05) is 38.9 Å². The van der Waals surface area contributed by atoms with Crippen LogP contribution < -0.4 is 5.32 Å². The molecule has 18 heavy (non-hydrogen) atoms. The van der Waals surface area contributed by atoms with E-state index in [0.29, 0.717) is 12.5 Å². The van der Waals surface area contributed by atoms with E-state index in [1.165, 1.54) is 0 Å². The predicted octanol–water partition coefficient (Wildman–Crippen LogP) is 1.95.